The van der Waals surface area contributed by atoms with E-state index in [9.17, 15) is 14.7 Å². The highest BCUT2D eigenvalue weighted by Crippen LogP contribution is 2.37. The molecule has 0 saturated carbocycles. The number of hydrogen-bond acceptors (Lipinski definition) is 6. The van der Waals surface area contributed by atoms with Crippen molar-refractivity contribution in [3.05, 3.63) is 37.9 Å². The summed E-state index contributed by atoms with van der Waals surface area (Å²) in [6, 6.07) is 0. The van der Waals surface area contributed by atoms with Gasteiger partial charge in [0, 0.05) is 19.8 Å². The number of nitrogens with zero attached hydrogens (tertiary/aromatic N) is 6. The van der Waals surface area contributed by atoms with E-state index >= 15 is 0 Å². The summed E-state index contributed by atoms with van der Waals surface area (Å²) in [4.78, 5) is 27.1. The van der Waals surface area contributed by atoms with E-state index in [0.29, 0.717) is 5.69 Å². The van der Waals surface area contributed by atoms with Gasteiger partial charge in [0.2, 0.25) is 17.4 Å². The summed E-state index contributed by atoms with van der Waals surface area (Å²) in [5.74, 6) is -0.604. The van der Waals surface area contributed by atoms with E-state index in [4.69, 9.17) is 6.57 Å². The van der Waals surface area contributed by atoms with Gasteiger partial charge < -0.3 is 5.11 Å². The highest BCUT2D eigenvalue weighted by Gasteiger charge is 2.24. The molecule has 0 aromatic carbocycles. The zero-order chi connectivity index (χ0) is 18.2. The van der Waals surface area contributed by atoms with Gasteiger partial charge in [-0.25, -0.2) is 9.64 Å². The Morgan fingerprint density at radius 3 is 2.38 bits per heavy atom. The van der Waals surface area contributed by atoms with Crippen LogP contribution in [0.15, 0.2) is 19.8 Å². The molecule has 2 rings (SSSR count). The van der Waals surface area contributed by atoms with Crippen LogP contribution in [0.1, 0.15) is 26.5 Å². The van der Waals surface area contributed by atoms with Crippen LogP contribution in [0.4, 0.5) is 17.2 Å². The molecule has 10 heteroatoms. The van der Waals surface area contributed by atoms with E-state index in [-0.39, 0.29) is 16.9 Å². The maximum absolute atomic E-state index is 12.0. The standard InChI is InChI=1S/C14H17N7O3/c1-14(2,3)9-7(15-4)10(19-17-9)18-16-8-11(22)20(5)13(24)21(6)12(8)23/h22H,1-3,5-6H3,(H,17,19). The predicted molar refractivity (Wildman–Crippen MR) is 86.3 cm³/mol. The molecule has 2 heterocycles. The Morgan fingerprint density at radius 1 is 1.21 bits per heavy atom. The van der Waals surface area contributed by atoms with Gasteiger partial charge in [0.15, 0.2) is 0 Å². The molecule has 0 aliphatic rings. The fourth-order valence-electron chi connectivity index (χ4n) is 2.03. The number of aromatic amines is 1. The first-order valence-corrected chi connectivity index (χ1v) is 6.96. The average molecular weight is 331 g/mol. The van der Waals surface area contributed by atoms with Crippen LogP contribution in [0, 0.1) is 6.57 Å². The molecule has 2 aromatic heterocycles. The minimum absolute atomic E-state index is 0.00484. The van der Waals surface area contributed by atoms with Crippen molar-refractivity contribution in [2.24, 2.45) is 24.3 Å². The molecule has 0 spiro atoms. The molecule has 126 valence electrons. The van der Waals surface area contributed by atoms with Gasteiger partial charge in [-0.05, 0) is 5.41 Å². The fraction of sp³-hybridized carbons (Fsp3) is 0.429. The molecule has 2 N–H and O–H groups in total. The summed E-state index contributed by atoms with van der Waals surface area (Å²) in [7, 11) is 2.56. The Kier molecular flexibility index (Phi) is 4.12. The van der Waals surface area contributed by atoms with E-state index < -0.39 is 22.8 Å². The van der Waals surface area contributed by atoms with Crippen molar-refractivity contribution in [2.75, 3.05) is 0 Å². The van der Waals surface area contributed by atoms with Gasteiger partial charge in [-0.15, -0.1) is 10.2 Å². The first-order chi connectivity index (χ1) is 11.1. The van der Waals surface area contributed by atoms with E-state index in [1.54, 1.807) is 0 Å². The van der Waals surface area contributed by atoms with Crippen molar-refractivity contribution in [2.45, 2.75) is 26.2 Å². The smallest absolute Gasteiger partial charge is 0.333 e. The lowest BCUT2D eigenvalue weighted by Gasteiger charge is -2.16. The zero-order valence-corrected chi connectivity index (χ0v) is 13.9. The summed E-state index contributed by atoms with van der Waals surface area (Å²) in [6.07, 6.45) is 0. The number of hydrogen-bond donors (Lipinski definition) is 2. The topological polar surface area (TPSA) is 122 Å². The third-order valence-electron chi connectivity index (χ3n) is 3.44. The van der Waals surface area contributed by atoms with Crippen molar-refractivity contribution in [3.63, 3.8) is 0 Å². The van der Waals surface area contributed by atoms with Gasteiger partial charge in [-0.2, -0.15) is 5.10 Å². The van der Waals surface area contributed by atoms with Gasteiger partial charge in [-0.3, -0.25) is 19.0 Å². The first kappa shape index (κ1) is 17.1. The molecular formula is C14H17N7O3. The Morgan fingerprint density at radius 2 is 1.83 bits per heavy atom. The van der Waals surface area contributed by atoms with E-state index in [1.807, 2.05) is 20.8 Å². The lowest BCUT2D eigenvalue weighted by atomic mass is 9.91. The number of aromatic hydroxyl groups is 1. The second-order valence-corrected chi connectivity index (χ2v) is 6.21. The quantitative estimate of drug-likeness (QED) is 0.643. The molecule has 0 unspecified atom stereocenters. The molecule has 0 aliphatic heterocycles. The molecule has 0 radical (unpaired) electrons. The third kappa shape index (κ3) is 2.71. The molecule has 0 fully saturated rings. The molecule has 0 bridgehead atoms. The lowest BCUT2D eigenvalue weighted by Crippen LogP contribution is -2.36. The Balaban J connectivity index is 2.60. The highest BCUT2D eigenvalue weighted by molar-refractivity contribution is 5.66. The largest absolute Gasteiger partial charge is 0.493 e. The molecule has 24 heavy (non-hydrogen) atoms. The van der Waals surface area contributed by atoms with Gasteiger partial charge >= 0.3 is 5.69 Å². The van der Waals surface area contributed by atoms with Crippen molar-refractivity contribution < 1.29 is 5.11 Å². The highest BCUT2D eigenvalue weighted by atomic mass is 16.3. The van der Waals surface area contributed by atoms with Gasteiger partial charge in [0.05, 0.1) is 6.57 Å². The van der Waals surface area contributed by atoms with Crippen LogP contribution >= 0.6 is 0 Å². The third-order valence-corrected chi connectivity index (χ3v) is 3.44. The monoisotopic (exact) mass is 331 g/mol. The number of azo groups is 1. The lowest BCUT2D eigenvalue weighted by molar-refractivity contribution is 0.413. The zero-order valence-electron chi connectivity index (χ0n) is 13.9. The van der Waals surface area contributed by atoms with E-state index in [2.05, 4.69) is 25.3 Å². The van der Waals surface area contributed by atoms with Crippen LogP contribution in [0.5, 0.6) is 5.88 Å². The molecule has 10 nitrogen and oxygen atoms in total. The number of H-pyrrole nitrogens is 1. The molecule has 0 aliphatic carbocycles. The van der Waals surface area contributed by atoms with Crippen LogP contribution in [0.2, 0.25) is 0 Å². The van der Waals surface area contributed by atoms with E-state index in [1.165, 1.54) is 14.1 Å². The van der Waals surface area contributed by atoms with Gasteiger partial charge in [0.25, 0.3) is 11.2 Å². The SMILES string of the molecule is [C-]#[N+]c1c(N=Nc2c(O)n(C)c(=O)n(C)c2=O)n[nH]c1C(C)(C)C. The van der Waals surface area contributed by atoms with Crippen LogP contribution in [0.25, 0.3) is 4.85 Å². The Bertz CT molecular complexity index is 980. The van der Waals surface area contributed by atoms with Crippen LogP contribution in [-0.4, -0.2) is 24.4 Å². The van der Waals surface area contributed by atoms with E-state index in [0.717, 1.165) is 9.13 Å². The van der Waals surface area contributed by atoms with Gasteiger partial charge in [0.1, 0.15) is 0 Å². The maximum Gasteiger partial charge on any atom is 0.333 e. The summed E-state index contributed by atoms with van der Waals surface area (Å²) < 4.78 is 1.67. The summed E-state index contributed by atoms with van der Waals surface area (Å²) in [5.41, 5.74) is -1.47. The van der Waals surface area contributed by atoms with Gasteiger partial charge in [-0.1, -0.05) is 20.8 Å². The Hall–Kier alpha value is -3.22. The number of rotatable bonds is 2. The molecule has 0 amide bonds. The minimum Gasteiger partial charge on any atom is -0.493 e. The first-order valence-electron chi connectivity index (χ1n) is 6.96. The summed E-state index contributed by atoms with van der Waals surface area (Å²) in [5, 5.41) is 24.1. The number of nitrogens with one attached hydrogen (secondary N) is 1. The predicted octanol–water partition coefficient (Wildman–Crippen LogP) is 1.78. The summed E-state index contributed by atoms with van der Waals surface area (Å²) >= 11 is 0. The van der Waals surface area contributed by atoms with Crippen molar-refractivity contribution in [1.29, 1.82) is 0 Å². The van der Waals surface area contributed by atoms with Crippen LogP contribution in [-0.2, 0) is 19.5 Å². The molecule has 0 atom stereocenters. The average Bonchev–Trinajstić information content (AvgIpc) is 2.94. The minimum atomic E-state index is -0.796. The van der Waals surface area contributed by atoms with Crippen molar-refractivity contribution in [3.8, 4) is 5.88 Å². The fourth-order valence-corrected chi connectivity index (χ4v) is 2.03. The molecular weight excluding hydrogens is 314 g/mol. The van der Waals surface area contributed by atoms with Crippen LogP contribution in [0.3, 0.4) is 0 Å². The van der Waals surface area contributed by atoms with Crippen molar-refractivity contribution >= 4 is 17.2 Å². The Labute approximate surface area is 136 Å². The molecule has 0 saturated heterocycles. The van der Waals surface area contributed by atoms with Crippen molar-refractivity contribution in [1.82, 2.24) is 19.3 Å². The second-order valence-electron chi connectivity index (χ2n) is 6.21. The maximum atomic E-state index is 12.0. The molecule has 2 aromatic rings. The number of aromatic nitrogens is 4. The normalized spacial score (nSPS) is 11.8. The second kappa shape index (κ2) is 5.77. The van der Waals surface area contributed by atoms with Crippen LogP contribution < -0.4 is 11.2 Å². The summed E-state index contributed by atoms with van der Waals surface area (Å²) in [6.45, 7) is 13.0.